The van der Waals surface area contributed by atoms with Crippen molar-refractivity contribution in [3.63, 3.8) is 0 Å². The van der Waals surface area contributed by atoms with Crippen molar-refractivity contribution in [2.45, 2.75) is 6.54 Å². The zero-order valence-corrected chi connectivity index (χ0v) is 11.5. The molecule has 0 saturated carbocycles. The van der Waals surface area contributed by atoms with E-state index in [4.69, 9.17) is 0 Å². The van der Waals surface area contributed by atoms with E-state index in [9.17, 15) is 0 Å². The van der Waals surface area contributed by atoms with Crippen molar-refractivity contribution in [2.24, 2.45) is 0 Å². The summed E-state index contributed by atoms with van der Waals surface area (Å²) in [4.78, 5) is 7.80. The number of benzene rings is 2. The Kier molecular flexibility index (Phi) is 2.82. The van der Waals surface area contributed by atoms with Crippen molar-refractivity contribution >= 4 is 27.6 Å². The first kappa shape index (κ1) is 12.0. The highest BCUT2D eigenvalue weighted by Crippen LogP contribution is 2.30. The van der Waals surface area contributed by atoms with Gasteiger partial charge in [-0.2, -0.15) is 0 Å². The number of aromatic amines is 1. The second-order valence-electron chi connectivity index (χ2n) is 5.09. The summed E-state index contributed by atoms with van der Waals surface area (Å²) in [6.07, 6.45) is 1.84. The molecule has 102 valence electrons. The summed E-state index contributed by atoms with van der Waals surface area (Å²) in [7, 11) is 0. The molecule has 4 aromatic rings. The van der Waals surface area contributed by atoms with Gasteiger partial charge in [0.1, 0.15) is 5.65 Å². The van der Waals surface area contributed by atoms with E-state index in [-0.39, 0.29) is 0 Å². The second kappa shape index (κ2) is 4.94. The topological polar surface area (TPSA) is 40.7 Å². The number of aromatic nitrogens is 2. The number of para-hydroxylation sites is 1. The van der Waals surface area contributed by atoms with E-state index in [0.717, 1.165) is 28.8 Å². The lowest BCUT2D eigenvalue weighted by atomic mass is 10.1. The molecule has 0 unspecified atom stereocenters. The van der Waals surface area contributed by atoms with Crippen LogP contribution < -0.4 is 5.32 Å². The maximum absolute atomic E-state index is 4.44. The van der Waals surface area contributed by atoms with Crippen molar-refractivity contribution in [3.05, 3.63) is 72.4 Å². The van der Waals surface area contributed by atoms with Crippen LogP contribution in [-0.4, -0.2) is 9.97 Å². The van der Waals surface area contributed by atoms with Gasteiger partial charge in [0.05, 0.1) is 0 Å². The average molecular weight is 273 g/mol. The Morgan fingerprint density at radius 1 is 0.905 bits per heavy atom. The van der Waals surface area contributed by atoms with Crippen LogP contribution >= 0.6 is 0 Å². The van der Waals surface area contributed by atoms with E-state index >= 15 is 0 Å². The van der Waals surface area contributed by atoms with Crippen LogP contribution in [0.4, 0.5) is 5.69 Å². The van der Waals surface area contributed by atoms with Crippen LogP contribution in [0.5, 0.6) is 0 Å². The van der Waals surface area contributed by atoms with Gasteiger partial charge in [0.2, 0.25) is 0 Å². The molecule has 0 bridgehead atoms. The van der Waals surface area contributed by atoms with Crippen molar-refractivity contribution in [1.82, 2.24) is 9.97 Å². The molecule has 0 spiro atoms. The predicted molar refractivity (Wildman–Crippen MR) is 87.4 cm³/mol. The highest BCUT2D eigenvalue weighted by atomic mass is 14.9. The van der Waals surface area contributed by atoms with E-state index < -0.39 is 0 Å². The van der Waals surface area contributed by atoms with Crippen molar-refractivity contribution in [2.75, 3.05) is 5.32 Å². The predicted octanol–water partition coefficient (Wildman–Crippen LogP) is 4.33. The van der Waals surface area contributed by atoms with E-state index in [1.165, 1.54) is 10.9 Å². The summed E-state index contributed by atoms with van der Waals surface area (Å²) in [6, 6.07) is 20.7. The van der Waals surface area contributed by atoms with Crippen LogP contribution in [0.3, 0.4) is 0 Å². The van der Waals surface area contributed by atoms with Gasteiger partial charge in [0.15, 0.2) is 0 Å². The normalized spacial score (nSPS) is 11.0. The molecule has 0 radical (unpaired) electrons. The van der Waals surface area contributed by atoms with Crippen molar-refractivity contribution < 1.29 is 0 Å². The molecule has 3 heteroatoms. The fourth-order valence-electron chi connectivity index (χ4n) is 2.71. The Hall–Kier alpha value is -2.81. The van der Waals surface area contributed by atoms with E-state index in [0.29, 0.717) is 0 Å². The third kappa shape index (κ3) is 2.13. The lowest BCUT2D eigenvalue weighted by molar-refractivity contribution is 1.15. The van der Waals surface area contributed by atoms with Crippen LogP contribution in [0.1, 0.15) is 5.56 Å². The Morgan fingerprint density at radius 2 is 1.71 bits per heavy atom. The average Bonchev–Trinajstić information content (AvgIpc) is 2.93. The Balaban J connectivity index is 1.78. The summed E-state index contributed by atoms with van der Waals surface area (Å²) in [5.41, 5.74) is 4.42. The summed E-state index contributed by atoms with van der Waals surface area (Å²) in [5, 5.41) is 5.88. The van der Waals surface area contributed by atoms with Gasteiger partial charge in [0.25, 0.3) is 0 Å². The van der Waals surface area contributed by atoms with Crippen molar-refractivity contribution in [1.29, 1.82) is 0 Å². The minimum Gasteiger partial charge on any atom is -0.380 e. The van der Waals surface area contributed by atoms with Gasteiger partial charge in [-0.1, -0.05) is 48.5 Å². The van der Waals surface area contributed by atoms with Gasteiger partial charge < -0.3 is 10.3 Å². The number of anilines is 1. The molecule has 0 aliphatic carbocycles. The minimum atomic E-state index is 0.805. The second-order valence-corrected chi connectivity index (χ2v) is 5.09. The number of rotatable bonds is 3. The summed E-state index contributed by atoms with van der Waals surface area (Å²) < 4.78 is 0. The molecule has 0 fully saturated rings. The smallest absolute Gasteiger partial charge is 0.140 e. The van der Waals surface area contributed by atoms with Crippen LogP contribution in [0.25, 0.3) is 21.9 Å². The molecule has 0 aliphatic heterocycles. The first-order chi connectivity index (χ1) is 10.4. The van der Waals surface area contributed by atoms with E-state index in [1.807, 2.05) is 24.4 Å². The van der Waals surface area contributed by atoms with Gasteiger partial charge in [-0.05, 0) is 17.7 Å². The zero-order chi connectivity index (χ0) is 14.1. The van der Waals surface area contributed by atoms with E-state index in [2.05, 4.69) is 57.7 Å². The molecule has 2 aromatic carbocycles. The molecule has 2 N–H and O–H groups in total. The van der Waals surface area contributed by atoms with Crippen LogP contribution in [-0.2, 0) is 6.54 Å². The number of fused-ring (bicyclic) bond motifs is 3. The van der Waals surface area contributed by atoms with Crippen LogP contribution in [0.2, 0.25) is 0 Å². The standard InChI is InChI=1S/C18H15N3/c1-2-6-13(7-3-1)12-20-16-10-11-19-18-17(16)14-8-4-5-9-15(14)21-18/h1-11H,12H2,(H2,19,20,21). The number of hydrogen-bond donors (Lipinski definition) is 2. The van der Waals surface area contributed by atoms with Gasteiger partial charge in [0, 0.05) is 34.7 Å². The van der Waals surface area contributed by atoms with Crippen LogP contribution in [0, 0.1) is 0 Å². The number of nitrogens with zero attached hydrogens (tertiary/aromatic N) is 1. The Morgan fingerprint density at radius 3 is 2.62 bits per heavy atom. The lowest BCUT2D eigenvalue weighted by Crippen LogP contribution is -1.99. The Bertz CT molecular complexity index is 894. The van der Waals surface area contributed by atoms with Gasteiger partial charge in [-0.25, -0.2) is 4.98 Å². The number of pyridine rings is 1. The maximum Gasteiger partial charge on any atom is 0.140 e. The number of H-pyrrole nitrogens is 1. The van der Waals surface area contributed by atoms with Crippen LogP contribution in [0.15, 0.2) is 66.9 Å². The first-order valence-electron chi connectivity index (χ1n) is 7.05. The van der Waals surface area contributed by atoms with Crippen molar-refractivity contribution in [3.8, 4) is 0 Å². The number of nitrogens with one attached hydrogen (secondary N) is 2. The summed E-state index contributed by atoms with van der Waals surface area (Å²) >= 11 is 0. The lowest BCUT2D eigenvalue weighted by Gasteiger charge is -2.08. The Labute approximate surface area is 122 Å². The zero-order valence-electron chi connectivity index (χ0n) is 11.5. The number of hydrogen-bond acceptors (Lipinski definition) is 2. The molecular formula is C18H15N3. The highest BCUT2D eigenvalue weighted by molar-refractivity contribution is 6.11. The monoisotopic (exact) mass is 273 g/mol. The molecule has 0 aliphatic rings. The van der Waals surface area contributed by atoms with E-state index in [1.54, 1.807) is 0 Å². The summed E-state index contributed by atoms with van der Waals surface area (Å²) in [6.45, 7) is 0.805. The summed E-state index contributed by atoms with van der Waals surface area (Å²) in [5.74, 6) is 0. The fourth-order valence-corrected chi connectivity index (χ4v) is 2.71. The molecular weight excluding hydrogens is 258 g/mol. The molecule has 0 amide bonds. The molecule has 2 aromatic heterocycles. The third-order valence-electron chi connectivity index (χ3n) is 3.73. The van der Waals surface area contributed by atoms with Gasteiger partial charge in [-0.15, -0.1) is 0 Å². The largest absolute Gasteiger partial charge is 0.380 e. The highest BCUT2D eigenvalue weighted by Gasteiger charge is 2.08. The van der Waals surface area contributed by atoms with Gasteiger partial charge in [-0.3, -0.25) is 0 Å². The minimum absolute atomic E-state index is 0.805. The SMILES string of the molecule is c1ccc(CNc2ccnc3[nH]c4ccccc4c23)cc1. The van der Waals surface area contributed by atoms with Gasteiger partial charge >= 0.3 is 0 Å². The maximum atomic E-state index is 4.44. The first-order valence-corrected chi connectivity index (χ1v) is 7.05. The quantitative estimate of drug-likeness (QED) is 0.583. The molecule has 0 atom stereocenters. The molecule has 2 heterocycles. The molecule has 0 saturated heterocycles. The third-order valence-corrected chi connectivity index (χ3v) is 3.73. The molecule has 21 heavy (non-hydrogen) atoms. The fraction of sp³-hybridized carbons (Fsp3) is 0.0556. The molecule has 4 rings (SSSR count). The molecule has 3 nitrogen and oxygen atoms in total.